The Morgan fingerprint density at radius 1 is 1.14 bits per heavy atom. The van der Waals surface area contributed by atoms with Crippen molar-refractivity contribution in [2.45, 2.75) is 39.5 Å². The van der Waals surface area contributed by atoms with Crippen LogP contribution < -0.4 is 0 Å². The summed E-state index contributed by atoms with van der Waals surface area (Å²) in [6, 6.07) is 9.84. The zero-order chi connectivity index (χ0) is 14.8. The highest BCUT2D eigenvalue weighted by atomic mass is 16.1. The van der Waals surface area contributed by atoms with Crippen molar-refractivity contribution < 1.29 is 4.79 Å². The second kappa shape index (κ2) is 5.97. The second-order valence-electron chi connectivity index (χ2n) is 6.63. The van der Waals surface area contributed by atoms with Crippen molar-refractivity contribution in [3.63, 3.8) is 0 Å². The van der Waals surface area contributed by atoms with Crippen LogP contribution in [0.1, 0.15) is 49.9 Å². The predicted molar refractivity (Wildman–Crippen MR) is 86.4 cm³/mol. The third-order valence-electron chi connectivity index (χ3n) is 4.97. The zero-order valence-electron chi connectivity index (χ0n) is 12.9. The number of rotatable bonds is 3. The summed E-state index contributed by atoms with van der Waals surface area (Å²) in [4.78, 5) is 17.0. The molecule has 2 nitrogen and oxygen atoms in total. The van der Waals surface area contributed by atoms with Crippen LogP contribution >= 0.6 is 0 Å². The first kappa shape index (κ1) is 14.2. The fourth-order valence-corrected chi connectivity index (χ4v) is 3.51. The molecule has 2 heteroatoms. The molecule has 0 spiro atoms. The van der Waals surface area contributed by atoms with E-state index >= 15 is 0 Å². The van der Waals surface area contributed by atoms with Crippen LogP contribution in [0.15, 0.2) is 36.5 Å². The largest absolute Gasteiger partial charge is 0.294 e. The van der Waals surface area contributed by atoms with Gasteiger partial charge in [0.2, 0.25) is 0 Å². The van der Waals surface area contributed by atoms with Gasteiger partial charge in [0.15, 0.2) is 5.78 Å². The van der Waals surface area contributed by atoms with Crippen LogP contribution in [0.5, 0.6) is 0 Å². The molecule has 1 aromatic heterocycles. The van der Waals surface area contributed by atoms with E-state index in [1.165, 1.54) is 12.8 Å². The summed E-state index contributed by atoms with van der Waals surface area (Å²) in [6.45, 7) is 4.59. The average molecular weight is 281 g/mol. The van der Waals surface area contributed by atoms with Crippen molar-refractivity contribution >= 4 is 16.7 Å². The molecule has 1 saturated carbocycles. The summed E-state index contributed by atoms with van der Waals surface area (Å²) in [6.07, 6.45) is 6.28. The SMILES string of the molecule is CC(C)C1CCC(C(=O)c2ccc3ncccc3c2)CC1. The lowest BCUT2D eigenvalue weighted by Crippen LogP contribution is -2.24. The number of ketones is 1. The summed E-state index contributed by atoms with van der Waals surface area (Å²) >= 11 is 0. The molecule has 1 fully saturated rings. The van der Waals surface area contributed by atoms with Crippen molar-refractivity contribution in [1.29, 1.82) is 0 Å². The third-order valence-corrected chi connectivity index (χ3v) is 4.97. The molecule has 0 atom stereocenters. The van der Waals surface area contributed by atoms with E-state index in [-0.39, 0.29) is 5.92 Å². The molecule has 1 aliphatic carbocycles. The predicted octanol–water partition coefficient (Wildman–Crippen LogP) is 4.88. The Kier molecular flexibility index (Phi) is 4.05. The number of hydrogen-bond acceptors (Lipinski definition) is 2. The van der Waals surface area contributed by atoms with Crippen molar-refractivity contribution in [1.82, 2.24) is 4.98 Å². The highest BCUT2D eigenvalue weighted by Gasteiger charge is 2.28. The number of hydrogen-bond donors (Lipinski definition) is 0. The Bertz CT molecular complexity index is 639. The molecule has 0 radical (unpaired) electrons. The summed E-state index contributed by atoms with van der Waals surface area (Å²) in [5.41, 5.74) is 1.81. The number of nitrogens with zero attached hydrogens (tertiary/aromatic N) is 1. The number of carbonyl (C=O) groups is 1. The van der Waals surface area contributed by atoms with Gasteiger partial charge < -0.3 is 0 Å². The van der Waals surface area contributed by atoms with Crippen LogP contribution in [0.25, 0.3) is 10.9 Å². The fourth-order valence-electron chi connectivity index (χ4n) is 3.51. The lowest BCUT2D eigenvalue weighted by atomic mass is 9.75. The summed E-state index contributed by atoms with van der Waals surface area (Å²) < 4.78 is 0. The van der Waals surface area contributed by atoms with E-state index in [0.717, 1.165) is 41.1 Å². The van der Waals surface area contributed by atoms with Gasteiger partial charge in [-0.05, 0) is 61.8 Å². The van der Waals surface area contributed by atoms with E-state index < -0.39 is 0 Å². The number of pyridine rings is 1. The molecule has 110 valence electrons. The van der Waals surface area contributed by atoms with E-state index in [1.807, 2.05) is 30.3 Å². The van der Waals surface area contributed by atoms with E-state index in [0.29, 0.717) is 5.78 Å². The van der Waals surface area contributed by atoms with Gasteiger partial charge >= 0.3 is 0 Å². The molecule has 0 saturated heterocycles. The smallest absolute Gasteiger partial charge is 0.165 e. The van der Waals surface area contributed by atoms with Gasteiger partial charge in [0.1, 0.15) is 0 Å². The number of fused-ring (bicyclic) bond motifs is 1. The van der Waals surface area contributed by atoms with Crippen molar-refractivity contribution in [2.24, 2.45) is 17.8 Å². The van der Waals surface area contributed by atoms with Crippen molar-refractivity contribution in [2.75, 3.05) is 0 Å². The quantitative estimate of drug-likeness (QED) is 0.750. The summed E-state index contributed by atoms with van der Waals surface area (Å²) in [7, 11) is 0. The molecule has 3 rings (SSSR count). The van der Waals surface area contributed by atoms with Crippen LogP contribution in [-0.4, -0.2) is 10.8 Å². The Balaban J connectivity index is 1.75. The first-order valence-electron chi connectivity index (χ1n) is 8.04. The lowest BCUT2D eigenvalue weighted by Gasteiger charge is -2.30. The minimum atomic E-state index is 0.217. The Morgan fingerprint density at radius 3 is 2.62 bits per heavy atom. The zero-order valence-corrected chi connectivity index (χ0v) is 12.9. The molecule has 1 aromatic carbocycles. The van der Waals surface area contributed by atoms with Crippen molar-refractivity contribution in [3.05, 3.63) is 42.1 Å². The van der Waals surface area contributed by atoms with Gasteiger partial charge in [0.05, 0.1) is 5.52 Å². The van der Waals surface area contributed by atoms with Gasteiger partial charge in [-0.1, -0.05) is 19.9 Å². The molecule has 21 heavy (non-hydrogen) atoms. The minimum Gasteiger partial charge on any atom is -0.294 e. The summed E-state index contributed by atoms with van der Waals surface area (Å²) in [5, 5.41) is 1.05. The molecule has 0 N–H and O–H groups in total. The maximum Gasteiger partial charge on any atom is 0.165 e. The normalized spacial score (nSPS) is 22.6. The van der Waals surface area contributed by atoms with Gasteiger partial charge in [-0.15, -0.1) is 0 Å². The monoisotopic (exact) mass is 281 g/mol. The summed E-state index contributed by atoms with van der Waals surface area (Å²) in [5.74, 6) is 2.08. The fraction of sp³-hybridized carbons (Fsp3) is 0.474. The third kappa shape index (κ3) is 2.99. The van der Waals surface area contributed by atoms with E-state index in [4.69, 9.17) is 0 Å². The van der Waals surface area contributed by atoms with E-state index in [2.05, 4.69) is 18.8 Å². The van der Waals surface area contributed by atoms with Crippen LogP contribution in [0.2, 0.25) is 0 Å². The molecule has 0 amide bonds. The Hall–Kier alpha value is -1.70. The molecule has 1 heterocycles. The minimum absolute atomic E-state index is 0.217. The van der Waals surface area contributed by atoms with Gasteiger partial charge in [-0.2, -0.15) is 0 Å². The average Bonchev–Trinajstić information content (AvgIpc) is 2.54. The molecule has 0 aliphatic heterocycles. The number of Topliss-reactive ketones (excluding diaryl/α,β-unsaturated/α-hetero) is 1. The van der Waals surface area contributed by atoms with Crippen LogP contribution in [0, 0.1) is 17.8 Å². The highest BCUT2D eigenvalue weighted by molar-refractivity contribution is 6.00. The van der Waals surface area contributed by atoms with Gasteiger partial charge in [0.25, 0.3) is 0 Å². The number of benzene rings is 1. The molecule has 1 aliphatic rings. The number of aromatic nitrogens is 1. The lowest BCUT2D eigenvalue weighted by molar-refractivity contribution is 0.0859. The second-order valence-corrected chi connectivity index (χ2v) is 6.63. The molecular weight excluding hydrogens is 258 g/mol. The van der Waals surface area contributed by atoms with Crippen LogP contribution in [0.4, 0.5) is 0 Å². The highest BCUT2D eigenvalue weighted by Crippen LogP contribution is 2.35. The first-order valence-corrected chi connectivity index (χ1v) is 8.04. The van der Waals surface area contributed by atoms with Gasteiger partial charge in [-0.3, -0.25) is 9.78 Å². The Morgan fingerprint density at radius 2 is 1.90 bits per heavy atom. The standard InChI is InChI=1S/C19H23NO/c1-13(2)14-5-7-15(8-6-14)19(21)17-9-10-18-16(12-17)4-3-11-20-18/h3-4,9-15H,5-8H2,1-2H3. The number of carbonyl (C=O) groups excluding carboxylic acids is 1. The van der Waals surface area contributed by atoms with Gasteiger partial charge in [0, 0.05) is 23.1 Å². The maximum absolute atomic E-state index is 12.7. The van der Waals surface area contributed by atoms with Crippen LogP contribution in [0.3, 0.4) is 0 Å². The first-order chi connectivity index (χ1) is 10.1. The van der Waals surface area contributed by atoms with Crippen molar-refractivity contribution in [3.8, 4) is 0 Å². The molecule has 0 bridgehead atoms. The molecule has 2 aromatic rings. The Labute approximate surface area is 126 Å². The molecule has 0 unspecified atom stereocenters. The topological polar surface area (TPSA) is 30.0 Å². The van der Waals surface area contributed by atoms with E-state index in [9.17, 15) is 4.79 Å². The maximum atomic E-state index is 12.7. The van der Waals surface area contributed by atoms with Crippen LogP contribution in [-0.2, 0) is 0 Å². The molecular formula is C19H23NO. The van der Waals surface area contributed by atoms with E-state index in [1.54, 1.807) is 6.20 Å². The van der Waals surface area contributed by atoms with Gasteiger partial charge in [-0.25, -0.2) is 0 Å².